The van der Waals surface area contributed by atoms with Crippen molar-refractivity contribution >= 4 is 0 Å². The summed E-state index contributed by atoms with van der Waals surface area (Å²) in [6, 6.07) is 0. The lowest BCUT2D eigenvalue weighted by atomic mass is 9.68. The highest BCUT2D eigenvalue weighted by molar-refractivity contribution is 5.38. The molecule has 42 heavy (non-hydrogen) atoms. The van der Waals surface area contributed by atoms with E-state index in [1.165, 1.54) is 33.4 Å². The Hall–Kier alpha value is -2.68. The SMILES string of the molecule is CC(C=CC=C(C)C=CC1=C(C)CC(O)CC1(C)C)=CC=CC=C(C)C=CC=C(C)C1C=C2C(CC(O)CC2(C)C)C1. The fourth-order valence-corrected chi connectivity index (χ4v) is 7.09. The third-order valence-corrected chi connectivity index (χ3v) is 9.28. The van der Waals surface area contributed by atoms with Gasteiger partial charge in [-0.25, -0.2) is 0 Å². The number of hydrogen-bond donors (Lipinski definition) is 2. The van der Waals surface area contributed by atoms with Gasteiger partial charge in [-0.3, -0.25) is 0 Å². The van der Waals surface area contributed by atoms with Crippen LogP contribution in [-0.4, -0.2) is 22.4 Å². The van der Waals surface area contributed by atoms with E-state index in [4.69, 9.17) is 0 Å². The Balaban J connectivity index is 1.50. The van der Waals surface area contributed by atoms with E-state index in [-0.39, 0.29) is 23.0 Å². The molecule has 0 heterocycles. The molecule has 228 valence electrons. The fraction of sp³-hybridized carbons (Fsp3) is 0.500. The molecule has 0 spiro atoms. The Morgan fingerprint density at radius 2 is 1.26 bits per heavy atom. The van der Waals surface area contributed by atoms with E-state index in [9.17, 15) is 10.2 Å². The number of aliphatic hydroxyl groups is 2. The van der Waals surface area contributed by atoms with Gasteiger partial charge in [-0.2, -0.15) is 0 Å². The molecular weight excluding hydrogens is 512 g/mol. The maximum absolute atomic E-state index is 10.3. The van der Waals surface area contributed by atoms with E-state index in [1.54, 1.807) is 5.57 Å². The van der Waals surface area contributed by atoms with Gasteiger partial charge in [0, 0.05) is 0 Å². The van der Waals surface area contributed by atoms with Gasteiger partial charge in [-0.05, 0) is 95.0 Å². The topological polar surface area (TPSA) is 40.5 Å². The molecule has 1 saturated carbocycles. The number of fused-ring (bicyclic) bond motifs is 1. The van der Waals surface area contributed by atoms with Crippen molar-refractivity contribution in [1.82, 2.24) is 0 Å². The fourth-order valence-electron chi connectivity index (χ4n) is 7.09. The van der Waals surface area contributed by atoms with Gasteiger partial charge in [0.25, 0.3) is 0 Å². The average Bonchev–Trinajstić information content (AvgIpc) is 3.30. The summed E-state index contributed by atoms with van der Waals surface area (Å²) in [6.45, 7) is 19.8. The van der Waals surface area contributed by atoms with E-state index in [2.05, 4.69) is 141 Å². The molecule has 2 heteroatoms. The molecule has 0 aromatic rings. The molecule has 3 aliphatic rings. The highest BCUT2D eigenvalue weighted by Crippen LogP contribution is 2.51. The molecule has 4 atom stereocenters. The van der Waals surface area contributed by atoms with Crippen LogP contribution in [0.4, 0.5) is 0 Å². The van der Waals surface area contributed by atoms with Crippen molar-refractivity contribution in [2.24, 2.45) is 22.7 Å². The molecule has 2 nitrogen and oxygen atoms in total. The molecule has 0 aliphatic heterocycles. The summed E-state index contributed by atoms with van der Waals surface area (Å²) < 4.78 is 0. The molecule has 4 unspecified atom stereocenters. The van der Waals surface area contributed by atoms with Gasteiger partial charge in [-0.15, -0.1) is 0 Å². The van der Waals surface area contributed by atoms with Crippen LogP contribution in [0.25, 0.3) is 0 Å². The van der Waals surface area contributed by atoms with Crippen LogP contribution >= 0.6 is 0 Å². The molecule has 1 fully saturated rings. The van der Waals surface area contributed by atoms with E-state index < -0.39 is 0 Å². The molecule has 0 bridgehead atoms. The number of allylic oxidation sites excluding steroid dienone is 19. The molecule has 0 aromatic heterocycles. The average molecular weight is 569 g/mol. The van der Waals surface area contributed by atoms with Crippen molar-refractivity contribution in [3.05, 3.63) is 118 Å². The second kappa shape index (κ2) is 14.7. The standard InChI is InChI=1S/C40H56O2/c1-28(16-12-17-30(3)20-21-37-32(5)22-35(41)26-39(37,6)7)14-10-11-15-29(2)18-13-19-31(4)33-23-34-24-36(42)27-40(8,9)38(34)25-33/h10-21,25,33-36,41-42H,22-24,26-27H2,1-9H3. The van der Waals surface area contributed by atoms with Gasteiger partial charge in [0.2, 0.25) is 0 Å². The van der Waals surface area contributed by atoms with Crippen molar-refractivity contribution in [1.29, 1.82) is 0 Å². The second-order valence-corrected chi connectivity index (χ2v) is 14.4. The van der Waals surface area contributed by atoms with Crippen LogP contribution in [0, 0.1) is 22.7 Å². The summed E-state index contributed by atoms with van der Waals surface area (Å²) in [6.07, 6.45) is 32.5. The zero-order chi connectivity index (χ0) is 31.1. The van der Waals surface area contributed by atoms with Gasteiger partial charge in [-0.1, -0.05) is 140 Å². The first-order chi connectivity index (χ1) is 19.7. The normalized spacial score (nSPS) is 29.5. The molecule has 0 amide bonds. The molecule has 2 N–H and O–H groups in total. The Labute approximate surface area is 257 Å². The van der Waals surface area contributed by atoms with Crippen molar-refractivity contribution < 1.29 is 10.2 Å². The highest BCUT2D eigenvalue weighted by atomic mass is 16.3. The minimum Gasteiger partial charge on any atom is -0.393 e. The number of rotatable bonds is 9. The highest BCUT2D eigenvalue weighted by Gasteiger charge is 2.41. The van der Waals surface area contributed by atoms with Crippen LogP contribution in [0.1, 0.15) is 94.4 Å². The van der Waals surface area contributed by atoms with Gasteiger partial charge >= 0.3 is 0 Å². The summed E-state index contributed by atoms with van der Waals surface area (Å²) in [4.78, 5) is 0. The van der Waals surface area contributed by atoms with Crippen LogP contribution < -0.4 is 0 Å². The van der Waals surface area contributed by atoms with E-state index in [0.717, 1.165) is 32.1 Å². The van der Waals surface area contributed by atoms with Crippen LogP contribution in [0.3, 0.4) is 0 Å². The molecule has 0 aromatic carbocycles. The van der Waals surface area contributed by atoms with E-state index in [0.29, 0.717) is 11.8 Å². The first-order valence-corrected chi connectivity index (χ1v) is 15.9. The minimum atomic E-state index is -0.224. The third-order valence-electron chi connectivity index (χ3n) is 9.28. The van der Waals surface area contributed by atoms with Crippen molar-refractivity contribution in [2.75, 3.05) is 0 Å². The quantitative estimate of drug-likeness (QED) is 0.215. The molecule has 3 aliphatic carbocycles. The Kier molecular flexibility index (Phi) is 11.8. The molecular formula is C40H56O2. The lowest BCUT2D eigenvalue weighted by Gasteiger charge is -2.39. The summed E-state index contributed by atoms with van der Waals surface area (Å²) in [5, 5.41) is 20.4. The van der Waals surface area contributed by atoms with Gasteiger partial charge in [0.1, 0.15) is 0 Å². The monoisotopic (exact) mass is 568 g/mol. The smallest absolute Gasteiger partial charge is 0.0585 e. The van der Waals surface area contributed by atoms with E-state index >= 15 is 0 Å². The summed E-state index contributed by atoms with van der Waals surface area (Å²) in [7, 11) is 0. The molecule has 0 radical (unpaired) electrons. The second-order valence-electron chi connectivity index (χ2n) is 14.4. The number of hydrogen-bond acceptors (Lipinski definition) is 2. The number of aliphatic hydroxyl groups excluding tert-OH is 2. The van der Waals surface area contributed by atoms with Crippen molar-refractivity contribution in [2.45, 2.75) is 107 Å². The van der Waals surface area contributed by atoms with Gasteiger partial charge < -0.3 is 10.2 Å². The van der Waals surface area contributed by atoms with Crippen LogP contribution in [0.5, 0.6) is 0 Å². The summed E-state index contributed by atoms with van der Waals surface area (Å²) in [5.41, 5.74) is 9.34. The minimum absolute atomic E-state index is 0.00807. The summed E-state index contributed by atoms with van der Waals surface area (Å²) in [5.74, 6) is 1.02. The van der Waals surface area contributed by atoms with E-state index in [1.807, 2.05) is 0 Å². The molecule has 3 rings (SSSR count). The van der Waals surface area contributed by atoms with Crippen LogP contribution in [0.15, 0.2) is 118 Å². The first kappa shape index (κ1) is 33.8. The lowest BCUT2D eigenvalue weighted by Crippen LogP contribution is -2.32. The van der Waals surface area contributed by atoms with Crippen molar-refractivity contribution in [3.63, 3.8) is 0 Å². The maximum atomic E-state index is 10.3. The lowest BCUT2D eigenvalue weighted by molar-refractivity contribution is 0.0742. The predicted octanol–water partition coefficient (Wildman–Crippen LogP) is 10.2. The third kappa shape index (κ3) is 9.68. The maximum Gasteiger partial charge on any atom is 0.0585 e. The predicted molar refractivity (Wildman–Crippen MR) is 182 cm³/mol. The van der Waals surface area contributed by atoms with Crippen LogP contribution in [0.2, 0.25) is 0 Å². The Morgan fingerprint density at radius 1 is 0.714 bits per heavy atom. The largest absolute Gasteiger partial charge is 0.393 e. The Bertz CT molecular complexity index is 1280. The van der Waals surface area contributed by atoms with Gasteiger partial charge in [0.15, 0.2) is 0 Å². The molecule has 0 saturated heterocycles. The van der Waals surface area contributed by atoms with Crippen molar-refractivity contribution in [3.8, 4) is 0 Å². The van der Waals surface area contributed by atoms with Gasteiger partial charge in [0.05, 0.1) is 12.2 Å². The zero-order valence-electron chi connectivity index (χ0n) is 27.7. The first-order valence-electron chi connectivity index (χ1n) is 15.9. The van der Waals surface area contributed by atoms with Crippen LogP contribution in [-0.2, 0) is 0 Å². The Morgan fingerprint density at radius 3 is 1.88 bits per heavy atom. The zero-order valence-corrected chi connectivity index (χ0v) is 27.7. The summed E-state index contributed by atoms with van der Waals surface area (Å²) >= 11 is 0.